The maximum Gasteiger partial charge on any atom is 0.225 e. The van der Waals surface area contributed by atoms with Crippen LogP contribution >= 0.6 is 11.6 Å². The number of benzene rings is 1. The van der Waals surface area contributed by atoms with Crippen molar-refractivity contribution in [2.24, 2.45) is 0 Å². The molecule has 0 radical (unpaired) electrons. The fourth-order valence-corrected chi connectivity index (χ4v) is 2.74. The lowest BCUT2D eigenvalue weighted by Crippen LogP contribution is -2.11. The first-order valence-electron chi connectivity index (χ1n) is 8.46. The second kappa shape index (κ2) is 6.96. The molecule has 0 aliphatic rings. The van der Waals surface area contributed by atoms with Gasteiger partial charge in [0.1, 0.15) is 16.5 Å². The molecule has 1 unspecified atom stereocenters. The average molecular weight is 371 g/mol. The first-order valence-corrected chi connectivity index (χ1v) is 8.84. The van der Waals surface area contributed by atoms with Crippen LogP contribution < -0.4 is 11.1 Å². The van der Waals surface area contributed by atoms with Gasteiger partial charge in [-0.25, -0.2) is 4.98 Å². The molecule has 2 heterocycles. The zero-order valence-electron chi connectivity index (χ0n) is 15.3. The van der Waals surface area contributed by atoms with Gasteiger partial charge in [0.05, 0.1) is 17.4 Å². The van der Waals surface area contributed by atoms with Gasteiger partial charge in [-0.15, -0.1) is 0 Å². The molecule has 1 atom stereocenters. The van der Waals surface area contributed by atoms with E-state index in [9.17, 15) is 0 Å². The summed E-state index contributed by atoms with van der Waals surface area (Å²) < 4.78 is 0. The Morgan fingerprint density at radius 3 is 2.46 bits per heavy atom. The third-order valence-electron chi connectivity index (χ3n) is 4.12. The van der Waals surface area contributed by atoms with Crippen molar-refractivity contribution in [1.29, 1.82) is 0 Å². The molecule has 0 spiro atoms. The van der Waals surface area contributed by atoms with E-state index >= 15 is 0 Å². The Morgan fingerprint density at radius 2 is 1.85 bits per heavy atom. The maximum absolute atomic E-state index is 6.35. The number of hydrogen-bond donors (Lipinski definition) is 3. The number of nitrogens with one attached hydrogen (secondary N) is 2. The number of rotatable bonds is 4. The Morgan fingerprint density at radius 1 is 1.15 bits per heavy atom. The molecule has 0 saturated carbocycles. The Balaban J connectivity index is 1.94. The van der Waals surface area contributed by atoms with E-state index in [4.69, 9.17) is 17.3 Å². The topological polar surface area (TPSA) is 92.5 Å². The highest BCUT2D eigenvalue weighted by molar-refractivity contribution is 6.35. The monoisotopic (exact) mass is 370 g/mol. The van der Waals surface area contributed by atoms with Crippen molar-refractivity contribution in [3.63, 3.8) is 0 Å². The van der Waals surface area contributed by atoms with Crippen molar-refractivity contribution in [3.05, 3.63) is 52.7 Å². The molecule has 6 nitrogen and oxygen atoms in total. The molecule has 3 aromatic rings. The molecule has 26 heavy (non-hydrogen) atoms. The molecule has 3 rings (SSSR count). The van der Waals surface area contributed by atoms with Crippen LogP contribution in [0, 0.1) is 0 Å². The van der Waals surface area contributed by atoms with Gasteiger partial charge in [-0.3, -0.25) is 5.10 Å². The Labute approximate surface area is 158 Å². The molecule has 1 aromatic carbocycles. The molecule has 0 bridgehead atoms. The Kier molecular flexibility index (Phi) is 4.87. The van der Waals surface area contributed by atoms with Gasteiger partial charge in [-0.1, -0.05) is 62.7 Å². The number of nitrogens with two attached hydrogens (primary N) is 1. The number of halogens is 1. The zero-order valence-corrected chi connectivity index (χ0v) is 16.1. The second-order valence-corrected chi connectivity index (χ2v) is 7.67. The van der Waals surface area contributed by atoms with E-state index in [1.165, 1.54) is 0 Å². The summed E-state index contributed by atoms with van der Waals surface area (Å²) in [6.45, 7) is 8.32. The summed E-state index contributed by atoms with van der Waals surface area (Å²) in [6, 6.07) is 12.0. The predicted molar refractivity (Wildman–Crippen MR) is 106 cm³/mol. The number of nitrogens with zero attached hydrogens (tertiary/aromatic N) is 3. The first-order chi connectivity index (χ1) is 12.3. The van der Waals surface area contributed by atoms with E-state index in [1.807, 2.05) is 43.3 Å². The van der Waals surface area contributed by atoms with Crippen LogP contribution in [0.3, 0.4) is 0 Å². The van der Waals surface area contributed by atoms with E-state index in [1.54, 1.807) is 0 Å². The SMILES string of the molecule is CC(Nc1nc(N)c(Cl)c(-c2cc(C(C)(C)C)n[nH]2)n1)c1ccccc1. The minimum atomic E-state index is -0.0807. The molecular weight excluding hydrogens is 348 g/mol. The van der Waals surface area contributed by atoms with E-state index in [-0.39, 0.29) is 17.3 Å². The van der Waals surface area contributed by atoms with E-state index in [2.05, 4.69) is 46.3 Å². The van der Waals surface area contributed by atoms with Crippen molar-refractivity contribution < 1.29 is 0 Å². The minimum Gasteiger partial charge on any atom is -0.382 e. The summed E-state index contributed by atoms with van der Waals surface area (Å²) in [5, 5.41) is 11.0. The van der Waals surface area contributed by atoms with Crippen LogP contribution in [-0.4, -0.2) is 20.2 Å². The first kappa shape index (κ1) is 18.2. The lowest BCUT2D eigenvalue weighted by Gasteiger charge is -2.15. The number of anilines is 2. The number of aromatic nitrogens is 4. The normalized spacial score (nSPS) is 12.8. The average Bonchev–Trinajstić information content (AvgIpc) is 3.09. The van der Waals surface area contributed by atoms with Crippen LogP contribution in [0.1, 0.15) is 45.0 Å². The van der Waals surface area contributed by atoms with Crippen LogP contribution in [0.25, 0.3) is 11.4 Å². The summed E-state index contributed by atoms with van der Waals surface area (Å²) >= 11 is 6.35. The summed E-state index contributed by atoms with van der Waals surface area (Å²) in [7, 11) is 0. The fourth-order valence-electron chi connectivity index (χ4n) is 2.55. The summed E-state index contributed by atoms with van der Waals surface area (Å²) in [5.74, 6) is 0.650. The van der Waals surface area contributed by atoms with Crippen LogP contribution in [0.2, 0.25) is 5.02 Å². The molecule has 2 aromatic heterocycles. The van der Waals surface area contributed by atoms with E-state index < -0.39 is 0 Å². The summed E-state index contributed by atoms with van der Waals surface area (Å²) in [5.41, 5.74) is 9.22. The van der Waals surface area contributed by atoms with Gasteiger partial charge in [0.2, 0.25) is 5.95 Å². The quantitative estimate of drug-likeness (QED) is 0.625. The van der Waals surface area contributed by atoms with Crippen LogP contribution in [0.4, 0.5) is 11.8 Å². The molecule has 136 valence electrons. The lowest BCUT2D eigenvalue weighted by molar-refractivity contribution is 0.567. The van der Waals surface area contributed by atoms with Crippen LogP contribution in [0.5, 0.6) is 0 Å². The van der Waals surface area contributed by atoms with Crippen molar-refractivity contribution in [3.8, 4) is 11.4 Å². The maximum atomic E-state index is 6.35. The van der Waals surface area contributed by atoms with Crippen molar-refractivity contribution in [1.82, 2.24) is 20.2 Å². The van der Waals surface area contributed by atoms with E-state index in [0.717, 1.165) is 11.3 Å². The van der Waals surface area contributed by atoms with Gasteiger partial charge in [0, 0.05) is 5.41 Å². The Bertz CT molecular complexity index is 898. The summed E-state index contributed by atoms with van der Waals surface area (Å²) in [6.07, 6.45) is 0. The number of H-pyrrole nitrogens is 1. The lowest BCUT2D eigenvalue weighted by atomic mass is 9.92. The molecule has 0 aliphatic carbocycles. The predicted octanol–water partition coefficient (Wildman–Crippen LogP) is 4.57. The van der Waals surface area contributed by atoms with Gasteiger partial charge < -0.3 is 11.1 Å². The van der Waals surface area contributed by atoms with Crippen LogP contribution in [0.15, 0.2) is 36.4 Å². The number of aromatic amines is 1. The smallest absolute Gasteiger partial charge is 0.225 e. The molecule has 0 amide bonds. The van der Waals surface area contributed by atoms with Crippen molar-refractivity contribution >= 4 is 23.4 Å². The van der Waals surface area contributed by atoms with Gasteiger partial charge >= 0.3 is 0 Å². The van der Waals surface area contributed by atoms with E-state index in [0.29, 0.717) is 22.4 Å². The van der Waals surface area contributed by atoms with Crippen LogP contribution in [-0.2, 0) is 5.41 Å². The van der Waals surface area contributed by atoms with Crippen molar-refractivity contribution in [2.75, 3.05) is 11.1 Å². The molecule has 0 aliphatic heterocycles. The molecular formula is C19H23ClN6. The fraction of sp³-hybridized carbons (Fsp3) is 0.316. The Hall–Kier alpha value is -2.60. The van der Waals surface area contributed by atoms with Gasteiger partial charge in [0.25, 0.3) is 0 Å². The van der Waals surface area contributed by atoms with Crippen molar-refractivity contribution in [2.45, 2.75) is 39.2 Å². The zero-order chi connectivity index (χ0) is 18.9. The molecule has 0 fully saturated rings. The minimum absolute atomic E-state index is 0.0246. The van der Waals surface area contributed by atoms with Gasteiger partial charge in [0.15, 0.2) is 0 Å². The summed E-state index contributed by atoms with van der Waals surface area (Å²) in [4.78, 5) is 8.83. The standard InChI is InChI=1S/C19H23ClN6/c1-11(12-8-6-5-7-9-12)22-18-23-16(15(20)17(21)24-18)13-10-14(26-25-13)19(2,3)4/h5-11H,1-4H3,(H,25,26)(H3,21,22,23,24). The highest BCUT2D eigenvalue weighted by Crippen LogP contribution is 2.32. The molecule has 4 N–H and O–H groups in total. The highest BCUT2D eigenvalue weighted by Gasteiger charge is 2.21. The second-order valence-electron chi connectivity index (χ2n) is 7.29. The molecule has 7 heteroatoms. The molecule has 0 saturated heterocycles. The number of hydrogen-bond acceptors (Lipinski definition) is 5. The largest absolute Gasteiger partial charge is 0.382 e. The number of nitrogen functional groups attached to an aromatic ring is 1. The van der Waals surface area contributed by atoms with Gasteiger partial charge in [-0.2, -0.15) is 10.1 Å². The third kappa shape index (κ3) is 3.80. The van der Waals surface area contributed by atoms with Gasteiger partial charge in [-0.05, 0) is 18.6 Å². The third-order valence-corrected chi connectivity index (χ3v) is 4.50. The highest BCUT2D eigenvalue weighted by atomic mass is 35.5.